The molecule has 0 bridgehead atoms. The summed E-state index contributed by atoms with van der Waals surface area (Å²) in [4.78, 5) is 26.0. The molecule has 0 heterocycles. The number of amides is 2. The number of carbonyl (C=O) groups excluding carboxylic acids is 2. The lowest BCUT2D eigenvalue weighted by molar-refractivity contribution is -0.160. The molecule has 0 rings (SSSR count). The predicted molar refractivity (Wildman–Crippen MR) is 209 cm³/mol. The van der Waals surface area contributed by atoms with Gasteiger partial charge in [-0.1, -0.05) is 154 Å². The highest BCUT2D eigenvalue weighted by molar-refractivity contribution is 5.82. The number of nitrogens with two attached hydrogens (primary N) is 1. The molecular formula is C42H80N2O6. The topological polar surface area (TPSA) is 144 Å². The second-order valence-corrected chi connectivity index (χ2v) is 14.5. The number of nitrogens with zero attached hydrogens (tertiary/aromatic N) is 1. The van der Waals surface area contributed by atoms with Crippen molar-refractivity contribution < 1.29 is 30.0 Å². The Hall–Kier alpha value is -1.74. The first kappa shape index (κ1) is 48.3. The number of rotatable bonds is 37. The van der Waals surface area contributed by atoms with Gasteiger partial charge in [-0.2, -0.15) is 0 Å². The van der Waals surface area contributed by atoms with Gasteiger partial charge in [0.05, 0.1) is 0 Å². The van der Waals surface area contributed by atoms with Crippen LogP contribution in [0.4, 0.5) is 0 Å². The SMILES string of the molecule is CCCCCCCCC=CCCCCCCCCN(CCCCCCCCC=CCCCCCCCC)C(=O)[C@H](O)[C@@H](O)[C@H](O)[C@H](O)C(N)=O. The lowest BCUT2D eigenvalue weighted by atomic mass is 10.0. The summed E-state index contributed by atoms with van der Waals surface area (Å²) in [5, 5.41) is 40.7. The number of hydrogen-bond donors (Lipinski definition) is 5. The molecule has 6 N–H and O–H groups in total. The number of hydrogen-bond acceptors (Lipinski definition) is 6. The Balaban J connectivity index is 4.40. The first-order chi connectivity index (χ1) is 24.3. The van der Waals surface area contributed by atoms with Gasteiger partial charge in [0.1, 0.15) is 12.2 Å². The van der Waals surface area contributed by atoms with Gasteiger partial charge < -0.3 is 31.1 Å². The molecular weight excluding hydrogens is 628 g/mol. The zero-order valence-corrected chi connectivity index (χ0v) is 32.5. The van der Waals surface area contributed by atoms with Crippen LogP contribution in [-0.4, -0.2) is 74.6 Å². The van der Waals surface area contributed by atoms with E-state index in [2.05, 4.69) is 38.2 Å². The van der Waals surface area contributed by atoms with Crippen molar-refractivity contribution in [1.82, 2.24) is 4.90 Å². The Bertz CT molecular complexity index is 793. The predicted octanol–water partition coefficient (Wildman–Crippen LogP) is 8.82. The summed E-state index contributed by atoms with van der Waals surface area (Å²) in [6.45, 7) is 5.40. The Kier molecular flexibility index (Phi) is 34.4. The molecule has 50 heavy (non-hydrogen) atoms. The maximum Gasteiger partial charge on any atom is 0.254 e. The van der Waals surface area contributed by atoms with E-state index in [0.29, 0.717) is 13.1 Å². The molecule has 8 nitrogen and oxygen atoms in total. The number of allylic oxidation sites excluding steroid dienone is 4. The summed E-state index contributed by atoms with van der Waals surface area (Å²) in [6.07, 6.45) is 34.6. The summed E-state index contributed by atoms with van der Waals surface area (Å²) < 4.78 is 0. The van der Waals surface area contributed by atoms with E-state index in [9.17, 15) is 30.0 Å². The van der Waals surface area contributed by atoms with E-state index in [1.807, 2.05) is 0 Å². The van der Waals surface area contributed by atoms with Gasteiger partial charge in [0.25, 0.3) is 5.91 Å². The van der Waals surface area contributed by atoms with Gasteiger partial charge in [0.2, 0.25) is 5.91 Å². The summed E-state index contributed by atoms with van der Waals surface area (Å²) >= 11 is 0. The number of unbranched alkanes of at least 4 members (excludes halogenated alkanes) is 24. The van der Waals surface area contributed by atoms with Crippen LogP contribution in [0.1, 0.15) is 194 Å². The van der Waals surface area contributed by atoms with Crippen LogP contribution < -0.4 is 5.73 Å². The van der Waals surface area contributed by atoms with E-state index in [1.165, 1.54) is 116 Å². The molecule has 294 valence electrons. The zero-order chi connectivity index (χ0) is 37.1. The summed E-state index contributed by atoms with van der Waals surface area (Å²) in [6, 6.07) is 0. The monoisotopic (exact) mass is 709 g/mol. The van der Waals surface area contributed by atoms with Crippen LogP contribution in [0.25, 0.3) is 0 Å². The van der Waals surface area contributed by atoms with Gasteiger partial charge in [-0.05, 0) is 64.2 Å². The Morgan fingerprint density at radius 2 is 0.740 bits per heavy atom. The quantitative estimate of drug-likeness (QED) is 0.0322. The van der Waals surface area contributed by atoms with E-state index in [0.717, 1.165) is 64.2 Å². The largest absolute Gasteiger partial charge is 0.387 e. The van der Waals surface area contributed by atoms with Crippen molar-refractivity contribution >= 4 is 11.8 Å². The lowest BCUT2D eigenvalue weighted by Gasteiger charge is -2.30. The number of primary amides is 1. The van der Waals surface area contributed by atoms with Crippen LogP contribution in [0.5, 0.6) is 0 Å². The fourth-order valence-corrected chi connectivity index (χ4v) is 6.31. The van der Waals surface area contributed by atoms with Crippen LogP contribution in [0, 0.1) is 0 Å². The number of carbonyl (C=O) groups is 2. The molecule has 0 aliphatic heterocycles. The zero-order valence-electron chi connectivity index (χ0n) is 32.5. The smallest absolute Gasteiger partial charge is 0.254 e. The van der Waals surface area contributed by atoms with Crippen molar-refractivity contribution in [2.75, 3.05) is 13.1 Å². The molecule has 0 unspecified atom stereocenters. The molecule has 0 radical (unpaired) electrons. The molecule has 0 aliphatic rings. The Morgan fingerprint density at radius 3 is 1.06 bits per heavy atom. The van der Waals surface area contributed by atoms with E-state index in [1.54, 1.807) is 4.90 Å². The summed E-state index contributed by atoms with van der Waals surface area (Å²) in [7, 11) is 0. The first-order valence-corrected chi connectivity index (χ1v) is 20.9. The van der Waals surface area contributed by atoms with E-state index in [-0.39, 0.29) is 0 Å². The van der Waals surface area contributed by atoms with Crippen molar-refractivity contribution in [2.24, 2.45) is 5.73 Å². The standard InChI is InChI=1S/C42H80N2O6/c1-3-5-7-9-11-13-15-17-19-21-23-25-27-29-31-33-35-44(42(50)40(48)38(46)37(45)39(47)41(43)49)36-34-32-30-28-26-24-22-20-18-16-14-12-10-8-6-4-2/h17-20,37-40,45-48H,3-16,21-36H2,1-2H3,(H2,43,49)/t37-,38-,39-,40+/m0/s1. The normalized spacial score (nSPS) is 14.4. The first-order valence-electron chi connectivity index (χ1n) is 20.9. The van der Waals surface area contributed by atoms with Crippen LogP contribution in [0.2, 0.25) is 0 Å². The van der Waals surface area contributed by atoms with Crippen LogP contribution in [0.15, 0.2) is 24.3 Å². The van der Waals surface area contributed by atoms with Gasteiger partial charge in [0.15, 0.2) is 12.2 Å². The minimum Gasteiger partial charge on any atom is -0.387 e. The minimum atomic E-state index is -2.08. The maximum absolute atomic E-state index is 13.2. The highest BCUT2D eigenvalue weighted by Gasteiger charge is 2.38. The molecule has 8 heteroatoms. The highest BCUT2D eigenvalue weighted by Crippen LogP contribution is 2.15. The van der Waals surface area contributed by atoms with Gasteiger partial charge in [-0.25, -0.2) is 0 Å². The molecule has 0 aliphatic carbocycles. The van der Waals surface area contributed by atoms with E-state index in [4.69, 9.17) is 5.73 Å². The molecule has 0 fully saturated rings. The van der Waals surface area contributed by atoms with Crippen LogP contribution >= 0.6 is 0 Å². The maximum atomic E-state index is 13.2. The summed E-state index contributed by atoms with van der Waals surface area (Å²) in [5.41, 5.74) is 5.02. The van der Waals surface area contributed by atoms with Gasteiger partial charge in [-0.15, -0.1) is 0 Å². The Morgan fingerprint density at radius 1 is 0.460 bits per heavy atom. The van der Waals surface area contributed by atoms with Crippen molar-refractivity contribution in [3.8, 4) is 0 Å². The average molecular weight is 709 g/mol. The van der Waals surface area contributed by atoms with Crippen molar-refractivity contribution in [1.29, 1.82) is 0 Å². The fourth-order valence-electron chi connectivity index (χ4n) is 6.31. The fraction of sp³-hybridized carbons (Fsp3) is 0.857. The average Bonchev–Trinajstić information content (AvgIpc) is 3.11. The molecule has 0 saturated heterocycles. The van der Waals surface area contributed by atoms with Gasteiger partial charge in [-0.3, -0.25) is 9.59 Å². The van der Waals surface area contributed by atoms with E-state index < -0.39 is 36.2 Å². The lowest BCUT2D eigenvalue weighted by Crippen LogP contribution is -2.54. The third-order valence-electron chi connectivity index (χ3n) is 9.73. The van der Waals surface area contributed by atoms with Crippen LogP contribution in [-0.2, 0) is 9.59 Å². The molecule has 4 atom stereocenters. The summed E-state index contributed by atoms with van der Waals surface area (Å²) in [5.74, 6) is -1.94. The highest BCUT2D eigenvalue weighted by atomic mass is 16.4. The third kappa shape index (κ3) is 27.9. The van der Waals surface area contributed by atoms with Gasteiger partial charge in [0, 0.05) is 13.1 Å². The Labute approximate surface area is 307 Å². The molecule has 0 saturated carbocycles. The molecule has 2 amide bonds. The van der Waals surface area contributed by atoms with Gasteiger partial charge >= 0.3 is 0 Å². The number of aliphatic hydroxyl groups excluding tert-OH is 4. The second-order valence-electron chi connectivity index (χ2n) is 14.5. The van der Waals surface area contributed by atoms with Crippen molar-refractivity contribution in [2.45, 2.75) is 218 Å². The van der Waals surface area contributed by atoms with Crippen LogP contribution in [0.3, 0.4) is 0 Å². The molecule has 0 aromatic carbocycles. The molecule has 0 aromatic heterocycles. The third-order valence-corrected chi connectivity index (χ3v) is 9.73. The number of aliphatic hydroxyl groups is 4. The van der Waals surface area contributed by atoms with Crippen molar-refractivity contribution in [3.05, 3.63) is 24.3 Å². The molecule has 0 aromatic rings. The van der Waals surface area contributed by atoms with Crippen molar-refractivity contribution in [3.63, 3.8) is 0 Å². The minimum absolute atomic E-state index is 0.448. The molecule has 0 spiro atoms. The van der Waals surface area contributed by atoms with E-state index >= 15 is 0 Å². The second kappa shape index (κ2) is 35.7.